The molecule has 0 aliphatic carbocycles. The summed E-state index contributed by atoms with van der Waals surface area (Å²) >= 11 is 1.17. The van der Waals surface area contributed by atoms with Crippen LogP contribution in [0.15, 0.2) is 54.6 Å². The van der Waals surface area contributed by atoms with E-state index in [2.05, 4.69) is 9.36 Å². The van der Waals surface area contributed by atoms with Gasteiger partial charge in [0.2, 0.25) is 5.13 Å². The Labute approximate surface area is 148 Å². The second kappa shape index (κ2) is 7.85. The minimum absolute atomic E-state index is 0.153. The molecule has 5 nitrogen and oxygen atoms in total. The first-order chi connectivity index (χ1) is 12.1. The van der Waals surface area contributed by atoms with Gasteiger partial charge in [-0.2, -0.15) is 4.37 Å². The van der Waals surface area contributed by atoms with Crippen LogP contribution in [0.2, 0.25) is 0 Å². The first-order valence-corrected chi connectivity index (χ1v) is 8.45. The van der Waals surface area contributed by atoms with Gasteiger partial charge in [-0.25, -0.2) is 9.37 Å². The van der Waals surface area contributed by atoms with E-state index in [9.17, 15) is 14.3 Å². The van der Waals surface area contributed by atoms with E-state index in [0.29, 0.717) is 23.9 Å². The smallest absolute Gasteiger partial charge is 0.323 e. The van der Waals surface area contributed by atoms with Crippen molar-refractivity contribution in [3.05, 3.63) is 77.4 Å². The van der Waals surface area contributed by atoms with Crippen LogP contribution in [-0.4, -0.2) is 27.0 Å². The molecule has 128 valence electrons. The van der Waals surface area contributed by atoms with Gasteiger partial charge in [0.1, 0.15) is 18.2 Å². The van der Waals surface area contributed by atoms with Gasteiger partial charge < -0.3 is 10.0 Å². The van der Waals surface area contributed by atoms with Crippen LogP contribution in [0, 0.1) is 5.82 Å². The monoisotopic (exact) mass is 357 g/mol. The Balaban J connectivity index is 1.76. The predicted molar refractivity (Wildman–Crippen MR) is 94.2 cm³/mol. The Bertz CT molecular complexity index is 837. The molecule has 0 saturated carbocycles. The summed E-state index contributed by atoms with van der Waals surface area (Å²) in [5, 5.41) is 9.73. The van der Waals surface area contributed by atoms with Crippen LogP contribution >= 0.6 is 11.5 Å². The molecule has 0 amide bonds. The number of anilines is 1. The van der Waals surface area contributed by atoms with E-state index in [1.54, 1.807) is 17.0 Å². The molecule has 0 saturated heterocycles. The average Bonchev–Trinajstić information content (AvgIpc) is 3.05. The van der Waals surface area contributed by atoms with Crippen LogP contribution in [0.3, 0.4) is 0 Å². The summed E-state index contributed by atoms with van der Waals surface area (Å²) in [6.07, 6.45) is 0.475. The molecule has 25 heavy (non-hydrogen) atoms. The van der Waals surface area contributed by atoms with Crippen molar-refractivity contribution in [1.82, 2.24) is 9.36 Å². The van der Waals surface area contributed by atoms with Crippen molar-refractivity contribution < 1.29 is 14.3 Å². The Morgan fingerprint density at radius 3 is 2.48 bits per heavy atom. The molecule has 1 aromatic heterocycles. The summed E-state index contributed by atoms with van der Waals surface area (Å²) in [5.41, 5.74) is 1.90. The quantitative estimate of drug-likeness (QED) is 0.702. The maximum Gasteiger partial charge on any atom is 0.323 e. The number of hydrogen-bond donors (Lipinski definition) is 1. The normalized spacial score (nSPS) is 10.6. The Morgan fingerprint density at radius 1 is 1.08 bits per heavy atom. The topological polar surface area (TPSA) is 66.3 Å². The first-order valence-electron chi connectivity index (χ1n) is 7.68. The molecule has 0 aliphatic heterocycles. The van der Waals surface area contributed by atoms with E-state index in [4.69, 9.17) is 0 Å². The number of nitrogens with zero attached hydrogens (tertiary/aromatic N) is 3. The van der Waals surface area contributed by atoms with Crippen molar-refractivity contribution in [3.63, 3.8) is 0 Å². The molecule has 0 radical (unpaired) electrons. The molecule has 1 N–H and O–H groups in total. The molecular formula is C18H16FN3O2S. The first kappa shape index (κ1) is 17.0. The van der Waals surface area contributed by atoms with Gasteiger partial charge in [-0.1, -0.05) is 42.5 Å². The third-order valence-electron chi connectivity index (χ3n) is 3.55. The summed E-state index contributed by atoms with van der Waals surface area (Å²) < 4.78 is 17.3. The third kappa shape index (κ3) is 4.84. The summed E-state index contributed by atoms with van der Waals surface area (Å²) in [6.45, 7) is 0.290. The molecule has 2 aromatic carbocycles. The van der Waals surface area contributed by atoms with Crippen LogP contribution in [0.1, 0.15) is 17.0 Å². The van der Waals surface area contributed by atoms with Gasteiger partial charge in [-0.05, 0) is 23.3 Å². The Kier molecular flexibility index (Phi) is 5.35. The number of carbonyl (C=O) groups is 1. The van der Waals surface area contributed by atoms with E-state index in [1.807, 2.05) is 30.3 Å². The summed E-state index contributed by atoms with van der Waals surface area (Å²) in [4.78, 5) is 17.3. The van der Waals surface area contributed by atoms with Crippen molar-refractivity contribution in [3.8, 4) is 0 Å². The lowest BCUT2D eigenvalue weighted by Crippen LogP contribution is -2.29. The molecule has 0 unspecified atom stereocenters. The van der Waals surface area contributed by atoms with E-state index in [0.717, 1.165) is 11.1 Å². The van der Waals surface area contributed by atoms with Crippen LogP contribution < -0.4 is 4.90 Å². The maximum atomic E-state index is 13.0. The Morgan fingerprint density at radius 2 is 1.80 bits per heavy atom. The molecule has 3 rings (SSSR count). The molecule has 3 aromatic rings. The zero-order valence-electron chi connectivity index (χ0n) is 13.3. The van der Waals surface area contributed by atoms with Crippen LogP contribution in [0.25, 0.3) is 0 Å². The third-order valence-corrected chi connectivity index (χ3v) is 4.36. The highest BCUT2D eigenvalue weighted by molar-refractivity contribution is 7.09. The van der Waals surface area contributed by atoms with Crippen molar-refractivity contribution in [1.29, 1.82) is 0 Å². The summed E-state index contributed by atoms with van der Waals surface area (Å²) in [7, 11) is 0. The van der Waals surface area contributed by atoms with Crippen molar-refractivity contribution in [2.24, 2.45) is 0 Å². The lowest BCUT2D eigenvalue weighted by molar-refractivity contribution is -0.135. The van der Waals surface area contributed by atoms with Crippen molar-refractivity contribution >= 4 is 22.6 Å². The second-order valence-electron chi connectivity index (χ2n) is 5.53. The largest absolute Gasteiger partial charge is 0.480 e. The number of aliphatic carboxylic acids is 1. The van der Waals surface area contributed by atoms with Gasteiger partial charge in [0.25, 0.3) is 0 Å². The molecule has 0 bridgehead atoms. The van der Waals surface area contributed by atoms with Crippen LogP contribution in [0.5, 0.6) is 0 Å². The Hall–Kier alpha value is -2.80. The molecule has 1 heterocycles. The van der Waals surface area contributed by atoms with Gasteiger partial charge >= 0.3 is 5.97 Å². The number of carboxylic acid groups (broad SMARTS) is 1. The highest BCUT2D eigenvalue weighted by Crippen LogP contribution is 2.21. The molecule has 0 atom stereocenters. The van der Waals surface area contributed by atoms with Gasteiger partial charge in [0.15, 0.2) is 0 Å². The van der Waals surface area contributed by atoms with Crippen LogP contribution in [0.4, 0.5) is 9.52 Å². The lowest BCUT2D eigenvalue weighted by Gasteiger charge is -2.19. The van der Waals surface area contributed by atoms with Gasteiger partial charge in [-0.15, -0.1) is 0 Å². The zero-order valence-corrected chi connectivity index (χ0v) is 14.1. The molecule has 0 spiro atoms. The minimum atomic E-state index is -0.925. The zero-order chi connectivity index (χ0) is 17.6. The van der Waals surface area contributed by atoms with Crippen molar-refractivity contribution in [2.45, 2.75) is 13.0 Å². The SMILES string of the molecule is O=C(O)CN(Cc1ccccc1)c1nc(Cc2ccc(F)cc2)ns1. The van der Waals surface area contributed by atoms with E-state index >= 15 is 0 Å². The highest BCUT2D eigenvalue weighted by Gasteiger charge is 2.16. The number of carboxylic acids is 1. The predicted octanol–water partition coefficient (Wildman–Crippen LogP) is 3.36. The molecule has 7 heteroatoms. The molecular weight excluding hydrogens is 341 g/mol. The van der Waals surface area contributed by atoms with E-state index in [1.165, 1.54) is 23.7 Å². The summed E-state index contributed by atoms with van der Waals surface area (Å²) in [6, 6.07) is 15.8. The van der Waals surface area contributed by atoms with Crippen molar-refractivity contribution in [2.75, 3.05) is 11.4 Å². The second-order valence-corrected chi connectivity index (χ2v) is 6.26. The fraction of sp³-hybridized carbons (Fsp3) is 0.167. The molecule has 0 aliphatic rings. The average molecular weight is 357 g/mol. The lowest BCUT2D eigenvalue weighted by atomic mass is 10.1. The molecule has 0 fully saturated rings. The minimum Gasteiger partial charge on any atom is -0.480 e. The fourth-order valence-corrected chi connectivity index (χ4v) is 3.07. The van der Waals surface area contributed by atoms with Gasteiger partial charge in [0.05, 0.1) is 0 Å². The number of hydrogen-bond acceptors (Lipinski definition) is 5. The highest BCUT2D eigenvalue weighted by atomic mass is 32.1. The van der Waals surface area contributed by atoms with E-state index < -0.39 is 5.97 Å². The van der Waals surface area contributed by atoms with Crippen LogP contribution in [-0.2, 0) is 17.8 Å². The number of benzene rings is 2. The standard InChI is InChI=1S/C18H16FN3O2S/c19-15-8-6-13(7-9-15)10-16-20-18(25-21-16)22(12-17(23)24)11-14-4-2-1-3-5-14/h1-9H,10-12H2,(H,23,24). The van der Waals surface area contributed by atoms with Gasteiger partial charge in [0, 0.05) is 24.5 Å². The number of halogens is 1. The maximum absolute atomic E-state index is 13.0. The summed E-state index contributed by atoms with van der Waals surface area (Å²) in [5.74, 6) is -0.618. The number of rotatable bonds is 7. The van der Waals surface area contributed by atoms with E-state index in [-0.39, 0.29) is 12.4 Å². The fourth-order valence-electron chi connectivity index (χ4n) is 2.39. The number of aromatic nitrogens is 2. The van der Waals surface area contributed by atoms with Gasteiger partial charge in [-0.3, -0.25) is 4.79 Å².